The smallest absolute Gasteiger partial charge is 0.120 e. The largest absolute Gasteiger partial charge is 0.497 e. The molecule has 94 valence electrons. The van der Waals surface area contributed by atoms with E-state index < -0.39 is 0 Å². The maximum absolute atomic E-state index is 6.19. The Balaban J connectivity index is 2.04. The van der Waals surface area contributed by atoms with Crippen molar-refractivity contribution in [2.75, 3.05) is 13.7 Å². The fourth-order valence-corrected chi connectivity index (χ4v) is 2.49. The Kier molecular flexibility index (Phi) is 4.26. The highest BCUT2D eigenvalue weighted by Crippen LogP contribution is 2.30. The Morgan fingerprint density at radius 2 is 2.41 bits per heavy atom. The predicted octanol–water partition coefficient (Wildman–Crippen LogP) is 2.92. The molecule has 17 heavy (non-hydrogen) atoms. The van der Waals surface area contributed by atoms with E-state index in [9.17, 15) is 0 Å². The summed E-state index contributed by atoms with van der Waals surface area (Å²) in [6.45, 7) is 0.855. The van der Waals surface area contributed by atoms with Gasteiger partial charge in [0.2, 0.25) is 0 Å². The highest BCUT2D eigenvalue weighted by atomic mass is 35.5. The zero-order chi connectivity index (χ0) is 12.3. The number of halogens is 1. The second-order valence-electron chi connectivity index (χ2n) is 4.36. The molecule has 2 N–H and O–H groups in total. The van der Waals surface area contributed by atoms with E-state index in [1.807, 2.05) is 12.1 Å². The lowest BCUT2D eigenvalue weighted by atomic mass is 10.00. The Bertz CT molecular complexity index is 378. The number of methoxy groups -OCH3 is 1. The molecule has 0 bridgehead atoms. The van der Waals surface area contributed by atoms with E-state index >= 15 is 0 Å². The molecule has 1 heterocycles. The molecule has 1 aromatic rings. The second kappa shape index (κ2) is 5.71. The molecule has 2 atom stereocenters. The third-order valence-electron chi connectivity index (χ3n) is 3.15. The number of hydrogen-bond donors (Lipinski definition) is 1. The van der Waals surface area contributed by atoms with E-state index in [4.69, 9.17) is 26.8 Å². The molecule has 1 aliphatic rings. The summed E-state index contributed by atoms with van der Waals surface area (Å²) in [4.78, 5) is 0. The van der Waals surface area contributed by atoms with Gasteiger partial charge in [-0.1, -0.05) is 17.7 Å². The van der Waals surface area contributed by atoms with Crippen LogP contribution in [0.5, 0.6) is 5.75 Å². The molecule has 1 saturated heterocycles. The quantitative estimate of drug-likeness (QED) is 0.900. The predicted molar refractivity (Wildman–Crippen MR) is 68.5 cm³/mol. The SMILES string of the molecule is COc1ccc(C(N)CC2CCCO2)c(Cl)c1. The molecular weight excluding hydrogens is 238 g/mol. The van der Waals surface area contributed by atoms with Gasteiger partial charge in [0.1, 0.15) is 5.75 Å². The zero-order valence-electron chi connectivity index (χ0n) is 9.99. The highest BCUT2D eigenvalue weighted by molar-refractivity contribution is 6.31. The van der Waals surface area contributed by atoms with Gasteiger partial charge in [-0.25, -0.2) is 0 Å². The average Bonchev–Trinajstić information content (AvgIpc) is 2.81. The maximum atomic E-state index is 6.19. The number of rotatable bonds is 4. The van der Waals surface area contributed by atoms with Gasteiger partial charge in [0.15, 0.2) is 0 Å². The standard InChI is InChI=1S/C13H18ClNO2/c1-16-9-4-5-11(12(14)7-9)13(15)8-10-3-2-6-17-10/h4-5,7,10,13H,2-3,6,8,15H2,1H3. The van der Waals surface area contributed by atoms with Crippen LogP contribution >= 0.6 is 11.6 Å². The molecule has 0 saturated carbocycles. The van der Waals surface area contributed by atoms with Gasteiger partial charge in [0.25, 0.3) is 0 Å². The third kappa shape index (κ3) is 3.12. The maximum Gasteiger partial charge on any atom is 0.120 e. The van der Waals surface area contributed by atoms with Crippen LogP contribution in [0.15, 0.2) is 18.2 Å². The first-order valence-electron chi connectivity index (χ1n) is 5.91. The number of benzene rings is 1. The first-order valence-corrected chi connectivity index (χ1v) is 6.29. The average molecular weight is 256 g/mol. The van der Waals surface area contributed by atoms with Gasteiger partial charge in [0, 0.05) is 17.7 Å². The van der Waals surface area contributed by atoms with Crippen LogP contribution in [0.4, 0.5) is 0 Å². The number of nitrogens with two attached hydrogens (primary N) is 1. The van der Waals surface area contributed by atoms with Gasteiger partial charge in [0.05, 0.1) is 13.2 Å². The summed E-state index contributed by atoms with van der Waals surface area (Å²) in [5.74, 6) is 0.753. The summed E-state index contributed by atoms with van der Waals surface area (Å²) in [5.41, 5.74) is 7.12. The molecular formula is C13H18ClNO2. The molecule has 0 radical (unpaired) electrons. The molecule has 0 spiro atoms. The number of hydrogen-bond acceptors (Lipinski definition) is 3. The molecule has 2 rings (SSSR count). The van der Waals surface area contributed by atoms with Crippen LogP contribution in [0.3, 0.4) is 0 Å². The van der Waals surface area contributed by atoms with Gasteiger partial charge < -0.3 is 15.2 Å². The van der Waals surface area contributed by atoms with E-state index in [2.05, 4.69) is 0 Å². The topological polar surface area (TPSA) is 44.5 Å². The molecule has 0 aliphatic carbocycles. The van der Waals surface area contributed by atoms with Crippen LogP contribution in [-0.2, 0) is 4.74 Å². The molecule has 4 heteroatoms. The van der Waals surface area contributed by atoms with Crippen LogP contribution in [0, 0.1) is 0 Å². The van der Waals surface area contributed by atoms with Crippen LogP contribution in [-0.4, -0.2) is 19.8 Å². The normalized spacial score (nSPS) is 21.5. The van der Waals surface area contributed by atoms with Gasteiger partial charge in [-0.3, -0.25) is 0 Å². The Hall–Kier alpha value is -0.770. The Labute approximate surface area is 107 Å². The molecule has 1 fully saturated rings. The summed E-state index contributed by atoms with van der Waals surface area (Å²) in [6.07, 6.45) is 3.34. The minimum Gasteiger partial charge on any atom is -0.497 e. The summed E-state index contributed by atoms with van der Waals surface area (Å²) in [6, 6.07) is 5.54. The summed E-state index contributed by atoms with van der Waals surface area (Å²) >= 11 is 6.19. The fourth-order valence-electron chi connectivity index (χ4n) is 2.18. The van der Waals surface area contributed by atoms with Crippen molar-refractivity contribution in [2.45, 2.75) is 31.4 Å². The second-order valence-corrected chi connectivity index (χ2v) is 4.77. The van der Waals surface area contributed by atoms with Gasteiger partial charge in [-0.05, 0) is 37.0 Å². The van der Waals surface area contributed by atoms with Crippen molar-refractivity contribution in [3.05, 3.63) is 28.8 Å². The van der Waals surface area contributed by atoms with E-state index in [1.54, 1.807) is 13.2 Å². The van der Waals surface area contributed by atoms with Crippen LogP contribution in [0.1, 0.15) is 30.9 Å². The van der Waals surface area contributed by atoms with Crippen molar-refractivity contribution in [2.24, 2.45) is 5.73 Å². The van der Waals surface area contributed by atoms with Gasteiger partial charge >= 0.3 is 0 Å². The van der Waals surface area contributed by atoms with Crippen molar-refractivity contribution in [1.29, 1.82) is 0 Å². The van der Waals surface area contributed by atoms with E-state index in [0.29, 0.717) is 5.02 Å². The van der Waals surface area contributed by atoms with Crippen LogP contribution in [0.25, 0.3) is 0 Å². The van der Waals surface area contributed by atoms with Crippen molar-refractivity contribution in [3.8, 4) is 5.75 Å². The van der Waals surface area contributed by atoms with E-state index in [-0.39, 0.29) is 12.1 Å². The lowest BCUT2D eigenvalue weighted by Gasteiger charge is -2.18. The lowest BCUT2D eigenvalue weighted by molar-refractivity contribution is 0.0983. The molecule has 1 aromatic carbocycles. The minimum absolute atomic E-state index is 0.0727. The van der Waals surface area contributed by atoms with E-state index in [0.717, 1.165) is 37.2 Å². The fraction of sp³-hybridized carbons (Fsp3) is 0.538. The first kappa shape index (κ1) is 12.7. The Morgan fingerprint density at radius 3 is 3.00 bits per heavy atom. The molecule has 1 aliphatic heterocycles. The summed E-state index contributed by atoms with van der Waals surface area (Å²) in [5, 5.41) is 0.662. The monoisotopic (exact) mass is 255 g/mol. The lowest BCUT2D eigenvalue weighted by Crippen LogP contribution is -2.18. The summed E-state index contributed by atoms with van der Waals surface area (Å²) in [7, 11) is 1.62. The van der Waals surface area contributed by atoms with Gasteiger partial charge in [-0.15, -0.1) is 0 Å². The zero-order valence-corrected chi connectivity index (χ0v) is 10.7. The third-order valence-corrected chi connectivity index (χ3v) is 3.48. The van der Waals surface area contributed by atoms with Crippen molar-refractivity contribution >= 4 is 11.6 Å². The van der Waals surface area contributed by atoms with E-state index in [1.165, 1.54) is 0 Å². The highest BCUT2D eigenvalue weighted by Gasteiger charge is 2.21. The molecule has 0 aromatic heterocycles. The molecule has 3 nitrogen and oxygen atoms in total. The van der Waals surface area contributed by atoms with Crippen LogP contribution in [0.2, 0.25) is 5.02 Å². The summed E-state index contributed by atoms with van der Waals surface area (Å²) < 4.78 is 10.7. The van der Waals surface area contributed by atoms with Crippen LogP contribution < -0.4 is 10.5 Å². The molecule has 2 unspecified atom stereocenters. The minimum atomic E-state index is -0.0727. The van der Waals surface area contributed by atoms with Gasteiger partial charge in [-0.2, -0.15) is 0 Å². The molecule has 0 amide bonds. The van der Waals surface area contributed by atoms with Crippen molar-refractivity contribution in [3.63, 3.8) is 0 Å². The van der Waals surface area contributed by atoms with Crippen molar-refractivity contribution < 1.29 is 9.47 Å². The van der Waals surface area contributed by atoms with Crippen molar-refractivity contribution in [1.82, 2.24) is 0 Å². The Morgan fingerprint density at radius 1 is 1.59 bits per heavy atom. The first-order chi connectivity index (χ1) is 8.20. The number of ether oxygens (including phenoxy) is 2.